The molecule has 2 heteroatoms. The first-order valence-electron chi connectivity index (χ1n) is 5.11. The van der Waals surface area contributed by atoms with E-state index in [0.717, 1.165) is 12.3 Å². The fraction of sp³-hybridized carbons (Fsp3) is 1.00. The summed E-state index contributed by atoms with van der Waals surface area (Å²) < 4.78 is 0. The molecule has 0 aliphatic heterocycles. The smallest absolute Gasteiger partial charge is 0.0547 e. The Hall–Kier alpha value is 0.177. The number of aliphatic hydroxyl groups is 1. The van der Waals surface area contributed by atoms with Gasteiger partial charge in [-0.05, 0) is 17.9 Å². The van der Waals surface area contributed by atoms with Gasteiger partial charge >= 0.3 is 0 Å². The third kappa shape index (κ3) is 2.11. The maximum absolute atomic E-state index is 9.91. The molecule has 1 fully saturated rings. The fourth-order valence-electron chi connectivity index (χ4n) is 2.82. The Morgan fingerprint density at radius 2 is 1.75 bits per heavy atom. The summed E-state index contributed by atoms with van der Waals surface area (Å²) in [5, 5.41) is 9.91. The van der Waals surface area contributed by atoms with E-state index in [0.29, 0.717) is 5.54 Å². The van der Waals surface area contributed by atoms with Gasteiger partial charge in [0.15, 0.2) is 0 Å². The Morgan fingerprint density at radius 3 is 2.08 bits per heavy atom. The largest absolute Gasteiger partial charge is 0.393 e. The van der Waals surface area contributed by atoms with Gasteiger partial charge in [-0.2, -0.15) is 0 Å². The third-order valence-corrected chi connectivity index (χ3v) is 6.14. The summed E-state index contributed by atoms with van der Waals surface area (Å²) in [5.74, 6) is 0.750. The van der Waals surface area contributed by atoms with Crippen LogP contribution in [0.15, 0.2) is 0 Å². The summed E-state index contributed by atoms with van der Waals surface area (Å²) >= 11 is 0. The molecule has 1 N–H and O–H groups in total. The first-order valence-corrected chi connectivity index (χ1v) is 8.68. The number of rotatable bonds is 1. The van der Waals surface area contributed by atoms with Crippen LogP contribution in [0.1, 0.15) is 26.2 Å². The van der Waals surface area contributed by atoms with Crippen molar-refractivity contribution in [1.29, 1.82) is 0 Å². The van der Waals surface area contributed by atoms with E-state index in [2.05, 4.69) is 26.6 Å². The number of hydrogen-bond donors (Lipinski definition) is 1. The van der Waals surface area contributed by atoms with Crippen LogP contribution >= 0.6 is 0 Å². The Kier molecular flexibility index (Phi) is 3.00. The molecule has 1 aliphatic carbocycles. The SMILES string of the molecule is C[C@H]1CCC[C@H](O)[C@@H]1[Si](C)(C)C. The van der Waals surface area contributed by atoms with E-state index in [1.54, 1.807) is 0 Å². The molecule has 0 unspecified atom stereocenters. The minimum absolute atomic E-state index is 0.000386. The summed E-state index contributed by atoms with van der Waals surface area (Å²) in [4.78, 5) is 0. The third-order valence-electron chi connectivity index (χ3n) is 3.19. The molecule has 0 aromatic carbocycles. The van der Waals surface area contributed by atoms with Gasteiger partial charge in [0.05, 0.1) is 14.2 Å². The molecule has 0 saturated heterocycles. The Bertz CT molecular complexity index is 140. The fourth-order valence-corrected chi connectivity index (χ4v) is 6.01. The van der Waals surface area contributed by atoms with Crippen LogP contribution in [0.2, 0.25) is 25.2 Å². The second kappa shape index (κ2) is 3.50. The van der Waals surface area contributed by atoms with Gasteiger partial charge in [0.2, 0.25) is 0 Å². The predicted molar refractivity (Wildman–Crippen MR) is 56.1 cm³/mol. The lowest BCUT2D eigenvalue weighted by molar-refractivity contribution is 0.103. The van der Waals surface area contributed by atoms with Crippen molar-refractivity contribution in [2.24, 2.45) is 5.92 Å². The van der Waals surface area contributed by atoms with Crippen LogP contribution in [0.25, 0.3) is 0 Å². The van der Waals surface area contributed by atoms with Gasteiger partial charge in [0.1, 0.15) is 0 Å². The van der Waals surface area contributed by atoms with Crippen molar-refractivity contribution in [3.63, 3.8) is 0 Å². The van der Waals surface area contributed by atoms with Gasteiger partial charge in [0, 0.05) is 0 Å². The average molecular weight is 186 g/mol. The van der Waals surface area contributed by atoms with E-state index in [-0.39, 0.29) is 6.10 Å². The lowest BCUT2D eigenvalue weighted by Crippen LogP contribution is -2.42. The molecule has 1 rings (SSSR count). The second-order valence-electron chi connectivity index (χ2n) is 5.37. The predicted octanol–water partition coefficient (Wildman–Crippen LogP) is 2.88. The molecule has 0 aromatic rings. The zero-order valence-corrected chi connectivity index (χ0v) is 9.80. The van der Waals surface area contributed by atoms with Crippen molar-refractivity contribution in [3.8, 4) is 0 Å². The zero-order chi connectivity index (χ0) is 9.35. The van der Waals surface area contributed by atoms with Gasteiger partial charge in [-0.1, -0.05) is 39.4 Å². The lowest BCUT2D eigenvalue weighted by Gasteiger charge is -2.41. The van der Waals surface area contributed by atoms with Gasteiger partial charge in [0.25, 0.3) is 0 Å². The van der Waals surface area contributed by atoms with E-state index in [1.165, 1.54) is 12.8 Å². The molecule has 1 nitrogen and oxygen atoms in total. The van der Waals surface area contributed by atoms with E-state index in [9.17, 15) is 5.11 Å². The molecule has 12 heavy (non-hydrogen) atoms. The van der Waals surface area contributed by atoms with Crippen LogP contribution in [0.3, 0.4) is 0 Å². The topological polar surface area (TPSA) is 20.2 Å². The molecule has 0 heterocycles. The van der Waals surface area contributed by atoms with Crippen LogP contribution < -0.4 is 0 Å². The molecular weight excluding hydrogens is 164 g/mol. The molecule has 1 aliphatic rings. The molecule has 0 spiro atoms. The van der Waals surface area contributed by atoms with Crippen molar-refractivity contribution in [2.45, 2.75) is 57.5 Å². The van der Waals surface area contributed by atoms with Crippen molar-refractivity contribution >= 4 is 8.07 Å². The number of hydrogen-bond acceptors (Lipinski definition) is 1. The minimum atomic E-state index is -1.13. The standard InChI is InChI=1S/C10H22OSi/c1-8-6-5-7-9(11)10(8)12(2,3)4/h8-11H,5-7H2,1-4H3/t8-,9-,10+/m0/s1. The normalized spacial score (nSPS) is 38.2. The molecule has 0 radical (unpaired) electrons. The summed E-state index contributed by atoms with van der Waals surface area (Å²) in [6.07, 6.45) is 3.59. The quantitative estimate of drug-likeness (QED) is 0.624. The van der Waals surface area contributed by atoms with Crippen molar-refractivity contribution in [3.05, 3.63) is 0 Å². The Balaban J connectivity index is 2.69. The summed E-state index contributed by atoms with van der Waals surface area (Å²) in [6, 6.07) is 0. The highest BCUT2D eigenvalue weighted by Crippen LogP contribution is 2.41. The molecule has 3 atom stereocenters. The highest BCUT2D eigenvalue weighted by molar-refractivity contribution is 6.77. The van der Waals surface area contributed by atoms with Gasteiger partial charge in [-0.15, -0.1) is 0 Å². The first-order chi connectivity index (χ1) is 5.43. The second-order valence-corrected chi connectivity index (χ2v) is 10.8. The van der Waals surface area contributed by atoms with Crippen LogP contribution in [0.5, 0.6) is 0 Å². The van der Waals surface area contributed by atoms with Crippen molar-refractivity contribution < 1.29 is 5.11 Å². The zero-order valence-electron chi connectivity index (χ0n) is 8.80. The first kappa shape index (κ1) is 10.3. The summed E-state index contributed by atoms with van der Waals surface area (Å²) in [6.45, 7) is 9.44. The van der Waals surface area contributed by atoms with Crippen LogP contribution in [0.4, 0.5) is 0 Å². The maximum atomic E-state index is 9.91. The van der Waals surface area contributed by atoms with E-state index >= 15 is 0 Å². The Morgan fingerprint density at radius 1 is 1.17 bits per heavy atom. The lowest BCUT2D eigenvalue weighted by atomic mass is 9.88. The maximum Gasteiger partial charge on any atom is 0.0547 e. The molecule has 0 amide bonds. The minimum Gasteiger partial charge on any atom is -0.393 e. The van der Waals surface area contributed by atoms with Crippen LogP contribution in [0, 0.1) is 5.92 Å². The van der Waals surface area contributed by atoms with Crippen molar-refractivity contribution in [1.82, 2.24) is 0 Å². The van der Waals surface area contributed by atoms with Gasteiger partial charge < -0.3 is 5.11 Å². The molecule has 72 valence electrons. The van der Waals surface area contributed by atoms with E-state index in [4.69, 9.17) is 0 Å². The Labute approximate surface area is 77.2 Å². The summed E-state index contributed by atoms with van der Waals surface area (Å²) in [7, 11) is -1.13. The summed E-state index contributed by atoms with van der Waals surface area (Å²) in [5.41, 5.74) is 0.631. The highest BCUT2D eigenvalue weighted by atomic mass is 28.3. The molecule has 0 aromatic heterocycles. The number of aliphatic hydroxyl groups excluding tert-OH is 1. The highest BCUT2D eigenvalue weighted by Gasteiger charge is 2.38. The average Bonchev–Trinajstić information content (AvgIpc) is 1.82. The van der Waals surface area contributed by atoms with E-state index < -0.39 is 8.07 Å². The van der Waals surface area contributed by atoms with Gasteiger partial charge in [-0.3, -0.25) is 0 Å². The van der Waals surface area contributed by atoms with Crippen LogP contribution in [-0.4, -0.2) is 19.3 Å². The molecule has 1 saturated carbocycles. The van der Waals surface area contributed by atoms with Crippen molar-refractivity contribution in [2.75, 3.05) is 0 Å². The molecule has 0 bridgehead atoms. The van der Waals surface area contributed by atoms with Gasteiger partial charge in [-0.25, -0.2) is 0 Å². The van der Waals surface area contributed by atoms with Crippen LogP contribution in [-0.2, 0) is 0 Å². The molecular formula is C10H22OSi. The van der Waals surface area contributed by atoms with E-state index in [1.807, 2.05) is 0 Å². The monoisotopic (exact) mass is 186 g/mol.